The van der Waals surface area contributed by atoms with Crippen molar-refractivity contribution in [2.45, 2.75) is 19.6 Å². The molecule has 0 spiro atoms. The van der Waals surface area contributed by atoms with Gasteiger partial charge in [-0.2, -0.15) is 57.5 Å². The zero-order valence-corrected chi connectivity index (χ0v) is 29.7. The van der Waals surface area contributed by atoms with Crippen LogP contribution in [0.1, 0.15) is 0 Å². The summed E-state index contributed by atoms with van der Waals surface area (Å²) in [6, 6.07) is 7.58. The summed E-state index contributed by atoms with van der Waals surface area (Å²) in [7, 11) is -20.9. The quantitative estimate of drug-likeness (QED) is 0.0303. The van der Waals surface area contributed by atoms with E-state index in [1.54, 1.807) is 0 Å². The molecule has 0 aliphatic heterocycles. The molecule has 0 bridgehead atoms. The van der Waals surface area contributed by atoms with Crippen LogP contribution in [0.25, 0.3) is 10.8 Å². The summed E-state index contributed by atoms with van der Waals surface area (Å²) in [5.41, 5.74) is 2.36. The first-order valence-electron chi connectivity index (χ1n) is 13.6. The Kier molecular flexibility index (Phi) is 10.4. The van der Waals surface area contributed by atoms with Gasteiger partial charge in [0.25, 0.3) is 40.5 Å². The number of nitrogens with zero attached hydrogens (tertiary/aromatic N) is 6. The van der Waals surface area contributed by atoms with Gasteiger partial charge in [0.2, 0.25) is 5.95 Å². The summed E-state index contributed by atoms with van der Waals surface area (Å²) < 4.78 is 162. The van der Waals surface area contributed by atoms with Crippen molar-refractivity contribution in [2.75, 3.05) is 11.1 Å². The zero-order chi connectivity index (χ0) is 40.1. The first-order valence-corrected chi connectivity index (χ1v) is 19.8. The van der Waals surface area contributed by atoms with Crippen molar-refractivity contribution < 1.29 is 65.8 Å². The highest BCUT2D eigenvalue weighted by atomic mass is 35.5. The van der Waals surface area contributed by atoms with E-state index in [2.05, 4.69) is 35.7 Å². The third-order valence-electron chi connectivity index (χ3n) is 6.81. The van der Waals surface area contributed by atoms with E-state index in [4.69, 9.17) is 17.3 Å². The van der Waals surface area contributed by atoms with Crippen molar-refractivity contribution in [3.8, 4) is 5.75 Å². The van der Waals surface area contributed by atoms with Crippen LogP contribution >= 0.6 is 11.6 Å². The van der Waals surface area contributed by atoms with Crippen LogP contribution in [-0.2, 0) is 40.5 Å². The number of nitrogens with one attached hydrogen (secondary N) is 1. The predicted octanol–water partition coefficient (Wildman–Crippen LogP) is 5.41. The second kappa shape index (κ2) is 14.1. The molecular weight excluding hydrogens is 834 g/mol. The highest BCUT2D eigenvalue weighted by Crippen LogP contribution is 2.48. The van der Waals surface area contributed by atoms with Crippen molar-refractivity contribution in [3.05, 3.63) is 71.6 Å². The first kappa shape index (κ1) is 39.8. The van der Waals surface area contributed by atoms with Crippen LogP contribution in [0.5, 0.6) is 5.75 Å². The van der Waals surface area contributed by atoms with Crippen molar-refractivity contribution in [2.24, 2.45) is 20.5 Å². The Labute approximate surface area is 305 Å². The summed E-state index contributed by atoms with van der Waals surface area (Å²) in [4.78, 5) is 1.68. The maximum absolute atomic E-state index is 13.7. The lowest BCUT2D eigenvalue weighted by Crippen LogP contribution is -2.04. The molecule has 0 aliphatic rings. The number of hydrogen-bond acceptors (Lipinski definition) is 17. The van der Waals surface area contributed by atoms with Crippen molar-refractivity contribution in [1.29, 1.82) is 0 Å². The Balaban J connectivity index is 1.66. The van der Waals surface area contributed by atoms with Gasteiger partial charge in [-0.1, -0.05) is 11.6 Å². The van der Waals surface area contributed by atoms with Crippen LogP contribution in [0.4, 0.5) is 48.7 Å². The molecule has 54 heavy (non-hydrogen) atoms. The minimum absolute atomic E-state index is 0.0466. The SMILES string of the molecule is Nc1c(N=Nc2ccc(Nc3nc(F)nc(F)c3Cl)cc2)c(S(=O)(=O)O)cc2cc(S(=O)(=O)O)c(N=Nc3cc(S(=O)(=O)O)ccc3S(=O)(=O)O)c(O)c12. The molecule has 5 aromatic rings. The number of phenolic OH excluding ortho intramolecular Hbond substituents is 1. The summed E-state index contributed by atoms with van der Waals surface area (Å²) in [6.45, 7) is 0. The van der Waals surface area contributed by atoms with Gasteiger partial charge in [-0.3, -0.25) is 18.2 Å². The number of benzene rings is 4. The van der Waals surface area contributed by atoms with E-state index in [0.717, 1.165) is 0 Å². The number of rotatable bonds is 10. The molecule has 0 saturated carbocycles. The van der Waals surface area contributed by atoms with Gasteiger partial charge in [-0.25, -0.2) is 0 Å². The second-order valence-electron chi connectivity index (χ2n) is 10.4. The van der Waals surface area contributed by atoms with Crippen molar-refractivity contribution in [3.63, 3.8) is 0 Å². The molecule has 0 atom stereocenters. The Morgan fingerprint density at radius 2 is 1.24 bits per heavy atom. The van der Waals surface area contributed by atoms with E-state index < -0.39 is 122 Å². The third-order valence-corrected chi connectivity index (χ3v) is 10.6. The average Bonchev–Trinajstić information content (AvgIpc) is 3.04. The fourth-order valence-electron chi connectivity index (χ4n) is 4.49. The van der Waals surface area contributed by atoms with Gasteiger partial charge in [0.05, 0.1) is 21.7 Å². The molecule has 0 unspecified atom stereocenters. The molecule has 0 saturated heterocycles. The molecule has 21 nitrogen and oxygen atoms in total. The van der Waals surface area contributed by atoms with E-state index in [0.29, 0.717) is 30.3 Å². The summed E-state index contributed by atoms with van der Waals surface area (Å²) in [5, 5.41) is 26.2. The Morgan fingerprint density at radius 3 is 1.80 bits per heavy atom. The van der Waals surface area contributed by atoms with Gasteiger partial charge in [0, 0.05) is 5.69 Å². The molecule has 0 radical (unpaired) electrons. The van der Waals surface area contributed by atoms with Gasteiger partial charge in [-0.15, -0.1) is 15.3 Å². The van der Waals surface area contributed by atoms with E-state index in [1.165, 1.54) is 24.3 Å². The number of halogens is 3. The minimum atomic E-state index is -5.44. The van der Waals surface area contributed by atoms with E-state index in [9.17, 15) is 65.8 Å². The number of anilines is 3. The third kappa shape index (κ3) is 8.37. The lowest BCUT2D eigenvalue weighted by molar-refractivity contribution is 0.472. The molecule has 0 aliphatic carbocycles. The van der Waals surface area contributed by atoms with E-state index in [-0.39, 0.29) is 11.4 Å². The maximum Gasteiger partial charge on any atom is 0.313 e. The molecule has 1 aromatic heterocycles. The van der Waals surface area contributed by atoms with Crippen LogP contribution in [0.2, 0.25) is 5.02 Å². The average molecular weight is 851 g/mol. The number of aromatic nitrogens is 2. The maximum atomic E-state index is 13.7. The second-order valence-corrected chi connectivity index (χ2v) is 16.3. The molecule has 0 fully saturated rings. The largest absolute Gasteiger partial charge is 0.505 e. The fourth-order valence-corrected chi connectivity index (χ4v) is 7.06. The smallest absolute Gasteiger partial charge is 0.313 e. The van der Waals surface area contributed by atoms with Crippen LogP contribution in [0.15, 0.2) is 94.6 Å². The molecule has 28 heteroatoms. The Bertz CT molecular complexity index is 2920. The van der Waals surface area contributed by atoms with E-state index in [1.807, 2.05) is 0 Å². The van der Waals surface area contributed by atoms with Gasteiger partial charge in [-0.05, 0) is 60.0 Å². The fraction of sp³-hybridized carbons (Fsp3) is 0. The Hall–Kier alpha value is -5.39. The lowest BCUT2D eigenvalue weighted by Gasteiger charge is -2.14. The Morgan fingerprint density at radius 1 is 0.685 bits per heavy atom. The first-order chi connectivity index (χ1) is 24.9. The highest BCUT2D eigenvalue weighted by Gasteiger charge is 2.28. The molecule has 5 rings (SSSR count). The summed E-state index contributed by atoms with van der Waals surface area (Å²) in [5.74, 6) is -3.06. The number of aromatic hydroxyl groups is 1. The molecule has 1 heterocycles. The molecule has 8 N–H and O–H groups in total. The van der Waals surface area contributed by atoms with Crippen molar-refractivity contribution in [1.82, 2.24) is 9.97 Å². The van der Waals surface area contributed by atoms with Gasteiger partial charge in [0.1, 0.15) is 36.8 Å². The predicted molar refractivity (Wildman–Crippen MR) is 181 cm³/mol. The molecule has 4 aromatic carbocycles. The van der Waals surface area contributed by atoms with Crippen LogP contribution in [0, 0.1) is 12.0 Å². The number of nitrogen functional groups attached to an aromatic ring is 1. The van der Waals surface area contributed by atoms with Crippen LogP contribution < -0.4 is 11.1 Å². The molecular formula is C26H17ClF2N8O13S4. The van der Waals surface area contributed by atoms with E-state index >= 15 is 0 Å². The number of nitrogens with two attached hydrogens (primary N) is 1. The number of azo groups is 2. The van der Waals surface area contributed by atoms with Crippen LogP contribution in [0.3, 0.4) is 0 Å². The number of phenols is 1. The molecule has 0 amide bonds. The number of hydrogen-bond donors (Lipinski definition) is 7. The topological polar surface area (TPSA) is 351 Å². The highest BCUT2D eigenvalue weighted by molar-refractivity contribution is 7.86. The van der Waals surface area contributed by atoms with Gasteiger partial charge in [0.15, 0.2) is 11.6 Å². The lowest BCUT2D eigenvalue weighted by atomic mass is 10.1. The summed E-state index contributed by atoms with van der Waals surface area (Å²) >= 11 is 5.74. The zero-order valence-electron chi connectivity index (χ0n) is 25.7. The van der Waals surface area contributed by atoms with Crippen LogP contribution in [-0.4, -0.2) is 67.0 Å². The normalized spacial score (nSPS) is 12.9. The van der Waals surface area contributed by atoms with Gasteiger partial charge < -0.3 is 16.2 Å². The van der Waals surface area contributed by atoms with Gasteiger partial charge >= 0.3 is 6.08 Å². The standard InChI is InChI=1S/C26H17ClF2N8O13S4/c27-19-24(28)32-26(29)33-25(19)31-11-1-3-12(4-2-11)34-36-21-16(53(45,46)47)7-10-8-17(54(48,49)50)22(23(38)18(10)20(21)30)37-35-14-9-13(51(39,40)41)5-6-15(14)52(42,43)44/h1-9,38H,30H2,(H,31,32,33)(H,39,40,41)(H,42,43,44)(H,45,46,47)(H,48,49,50). The number of fused-ring (bicyclic) bond motifs is 1. The summed E-state index contributed by atoms with van der Waals surface area (Å²) in [6.07, 6.45) is -1.42. The minimum Gasteiger partial charge on any atom is -0.505 e. The monoisotopic (exact) mass is 850 g/mol. The van der Waals surface area contributed by atoms with Crippen molar-refractivity contribution >= 4 is 103 Å². The molecule has 284 valence electrons.